The number of urea groups is 1. The number of amides is 2. The van der Waals surface area contributed by atoms with Crippen molar-refractivity contribution >= 4 is 6.03 Å². The third-order valence-electron chi connectivity index (χ3n) is 4.86. The molecule has 0 unspecified atom stereocenters. The fraction of sp³-hybridized carbons (Fsp3) is 0.632. The summed E-state index contributed by atoms with van der Waals surface area (Å²) in [6, 6.07) is 7.68. The molecular weight excluding hydrogens is 304 g/mol. The second-order valence-corrected chi connectivity index (χ2v) is 7.03. The molecule has 0 heterocycles. The number of aliphatic hydroxyl groups is 2. The zero-order valence-electron chi connectivity index (χ0n) is 14.9. The van der Waals surface area contributed by atoms with E-state index in [0.29, 0.717) is 5.92 Å². The van der Waals surface area contributed by atoms with Gasteiger partial charge in [0.25, 0.3) is 0 Å². The first-order valence-corrected chi connectivity index (χ1v) is 8.87. The molecule has 24 heavy (non-hydrogen) atoms. The molecule has 0 radical (unpaired) electrons. The Hall–Kier alpha value is -1.59. The Morgan fingerprint density at radius 2 is 2.08 bits per heavy atom. The van der Waals surface area contributed by atoms with Gasteiger partial charge < -0.3 is 20.4 Å². The molecule has 5 heteroatoms. The smallest absolute Gasteiger partial charge is 0.318 e. The number of benzene rings is 1. The van der Waals surface area contributed by atoms with E-state index in [-0.39, 0.29) is 31.3 Å². The van der Waals surface area contributed by atoms with Gasteiger partial charge in [-0.05, 0) is 50.2 Å². The molecule has 134 valence electrons. The third kappa shape index (κ3) is 4.48. The van der Waals surface area contributed by atoms with E-state index in [1.54, 1.807) is 13.8 Å². The van der Waals surface area contributed by atoms with Crippen LogP contribution in [0, 0.1) is 5.92 Å². The minimum Gasteiger partial charge on any atom is -0.394 e. The van der Waals surface area contributed by atoms with Crippen LogP contribution < -0.4 is 5.32 Å². The molecule has 4 atom stereocenters. The first-order valence-electron chi connectivity index (χ1n) is 8.87. The van der Waals surface area contributed by atoms with E-state index < -0.39 is 6.10 Å². The lowest BCUT2D eigenvalue weighted by Gasteiger charge is -2.33. The monoisotopic (exact) mass is 334 g/mol. The van der Waals surface area contributed by atoms with E-state index in [1.807, 2.05) is 12.1 Å². The number of aliphatic hydroxyl groups excluding tert-OH is 2. The summed E-state index contributed by atoms with van der Waals surface area (Å²) in [5.41, 5.74) is 2.48. The van der Waals surface area contributed by atoms with Crippen LogP contribution in [0.3, 0.4) is 0 Å². The fourth-order valence-corrected chi connectivity index (χ4v) is 3.44. The molecule has 0 fully saturated rings. The van der Waals surface area contributed by atoms with Gasteiger partial charge in [-0.2, -0.15) is 0 Å². The molecule has 1 aromatic rings. The number of aryl methyl sites for hydroxylation is 1. The van der Waals surface area contributed by atoms with Crippen molar-refractivity contribution in [2.24, 2.45) is 5.92 Å². The first kappa shape index (κ1) is 18.7. The van der Waals surface area contributed by atoms with Crippen molar-refractivity contribution in [1.82, 2.24) is 10.2 Å². The van der Waals surface area contributed by atoms with Crippen LogP contribution in [0.5, 0.6) is 0 Å². The highest BCUT2D eigenvalue weighted by Gasteiger charge is 2.29. The molecule has 0 bridgehead atoms. The molecule has 2 rings (SSSR count). The topological polar surface area (TPSA) is 72.8 Å². The molecule has 1 aliphatic rings. The van der Waals surface area contributed by atoms with Crippen molar-refractivity contribution < 1.29 is 15.0 Å². The maximum absolute atomic E-state index is 12.8. The van der Waals surface area contributed by atoms with Gasteiger partial charge in [-0.15, -0.1) is 0 Å². The van der Waals surface area contributed by atoms with Crippen molar-refractivity contribution in [1.29, 1.82) is 0 Å². The summed E-state index contributed by atoms with van der Waals surface area (Å²) in [6.07, 6.45) is 2.58. The Morgan fingerprint density at radius 1 is 1.38 bits per heavy atom. The zero-order chi connectivity index (χ0) is 17.7. The Kier molecular flexibility index (Phi) is 6.63. The van der Waals surface area contributed by atoms with Crippen molar-refractivity contribution in [3.05, 3.63) is 35.4 Å². The van der Waals surface area contributed by atoms with Crippen LogP contribution in [0.2, 0.25) is 0 Å². The van der Waals surface area contributed by atoms with Crippen molar-refractivity contribution in [3.63, 3.8) is 0 Å². The highest BCUT2D eigenvalue weighted by atomic mass is 16.3. The maximum atomic E-state index is 12.8. The number of carbonyl (C=O) groups excluding carboxylic acids is 1. The number of fused-ring (bicyclic) bond motifs is 1. The number of hydrogen-bond acceptors (Lipinski definition) is 3. The quantitative estimate of drug-likeness (QED) is 0.724. The van der Waals surface area contributed by atoms with Gasteiger partial charge >= 0.3 is 6.03 Å². The molecule has 0 aromatic heterocycles. The minimum atomic E-state index is -0.636. The van der Waals surface area contributed by atoms with Crippen LogP contribution in [-0.4, -0.2) is 46.4 Å². The van der Waals surface area contributed by atoms with E-state index in [9.17, 15) is 15.0 Å². The maximum Gasteiger partial charge on any atom is 0.318 e. The van der Waals surface area contributed by atoms with E-state index >= 15 is 0 Å². The van der Waals surface area contributed by atoms with Gasteiger partial charge in [0.15, 0.2) is 0 Å². The number of hydrogen-bond donors (Lipinski definition) is 3. The Bertz CT molecular complexity index is 547. The molecule has 3 N–H and O–H groups in total. The lowest BCUT2D eigenvalue weighted by atomic mass is 9.92. The van der Waals surface area contributed by atoms with Crippen LogP contribution in [0.15, 0.2) is 24.3 Å². The highest BCUT2D eigenvalue weighted by molar-refractivity contribution is 5.75. The Labute approximate surface area is 144 Å². The molecule has 5 nitrogen and oxygen atoms in total. The fourth-order valence-electron chi connectivity index (χ4n) is 3.44. The van der Waals surface area contributed by atoms with Gasteiger partial charge in [0.05, 0.1) is 24.8 Å². The van der Waals surface area contributed by atoms with E-state index in [2.05, 4.69) is 24.4 Å². The summed E-state index contributed by atoms with van der Waals surface area (Å²) in [5.74, 6) is 0.343. The molecule has 0 spiro atoms. The lowest BCUT2D eigenvalue weighted by Crippen LogP contribution is -2.50. The third-order valence-corrected chi connectivity index (χ3v) is 4.86. The van der Waals surface area contributed by atoms with E-state index in [0.717, 1.165) is 19.3 Å². The van der Waals surface area contributed by atoms with Crippen molar-refractivity contribution in [2.45, 2.75) is 58.2 Å². The second-order valence-electron chi connectivity index (χ2n) is 7.03. The number of nitrogens with one attached hydrogen (secondary N) is 1. The van der Waals surface area contributed by atoms with Crippen LogP contribution in [0.1, 0.15) is 50.8 Å². The number of rotatable bonds is 5. The van der Waals surface area contributed by atoms with Gasteiger partial charge in [-0.3, -0.25) is 0 Å². The largest absolute Gasteiger partial charge is 0.394 e. The van der Waals surface area contributed by atoms with Crippen LogP contribution in [0.4, 0.5) is 4.79 Å². The summed E-state index contributed by atoms with van der Waals surface area (Å²) in [4.78, 5) is 14.3. The van der Waals surface area contributed by atoms with Gasteiger partial charge in [0.2, 0.25) is 0 Å². The zero-order valence-corrected chi connectivity index (χ0v) is 14.9. The van der Waals surface area contributed by atoms with Crippen LogP contribution in [-0.2, 0) is 6.42 Å². The normalized spacial score (nSPS) is 22.9. The predicted octanol–water partition coefficient (Wildman–Crippen LogP) is 2.47. The Balaban J connectivity index is 2.21. The number of nitrogens with zero attached hydrogens (tertiary/aromatic N) is 1. The highest BCUT2D eigenvalue weighted by Crippen LogP contribution is 2.33. The lowest BCUT2D eigenvalue weighted by molar-refractivity contribution is 0.0912. The molecule has 1 aromatic carbocycles. The van der Waals surface area contributed by atoms with Crippen molar-refractivity contribution in [3.8, 4) is 0 Å². The summed E-state index contributed by atoms with van der Waals surface area (Å²) >= 11 is 0. The standard InChI is InChI=1S/C19H30N2O3/c1-13-7-6-9-16-8-4-5-10-17(16)18(13)20-19(24)21(11-15(3)23)14(2)12-22/h4-5,8,10,13-15,18,22-23H,6-7,9,11-12H2,1-3H3,(H,20,24)/t13-,14+,15+,18+/m1/s1. The molecule has 0 aliphatic heterocycles. The van der Waals surface area contributed by atoms with Crippen LogP contribution >= 0.6 is 0 Å². The molecule has 0 saturated carbocycles. The van der Waals surface area contributed by atoms with Gasteiger partial charge in [0.1, 0.15) is 0 Å². The second kappa shape index (κ2) is 8.49. The Morgan fingerprint density at radius 3 is 2.75 bits per heavy atom. The van der Waals surface area contributed by atoms with Crippen LogP contribution in [0.25, 0.3) is 0 Å². The average molecular weight is 334 g/mol. The average Bonchev–Trinajstić information content (AvgIpc) is 2.71. The molecular formula is C19H30N2O3. The molecule has 0 saturated heterocycles. The van der Waals surface area contributed by atoms with Gasteiger partial charge in [-0.1, -0.05) is 31.2 Å². The van der Waals surface area contributed by atoms with Crippen molar-refractivity contribution in [2.75, 3.05) is 13.2 Å². The summed E-state index contributed by atoms with van der Waals surface area (Å²) < 4.78 is 0. The van der Waals surface area contributed by atoms with E-state index in [4.69, 9.17) is 0 Å². The van der Waals surface area contributed by atoms with Gasteiger partial charge in [-0.25, -0.2) is 4.79 Å². The van der Waals surface area contributed by atoms with Gasteiger partial charge in [0, 0.05) is 6.54 Å². The predicted molar refractivity (Wildman–Crippen MR) is 94.8 cm³/mol. The summed E-state index contributed by atoms with van der Waals surface area (Å²) in [7, 11) is 0. The summed E-state index contributed by atoms with van der Waals surface area (Å²) in [5, 5.41) is 22.2. The van der Waals surface area contributed by atoms with E-state index in [1.165, 1.54) is 16.0 Å². The number of carbonyl (C=O) groups is 1. The SMILES string of the molecule is C[C@H](O)CN(C(=O)N[C@@H]1c2ccccc2CCC[C@H]1C)[C@@H](C)CO. The first-order chi connectivity index (χ1) is 11.4. The molecule has 1 aliphatic carbocycles. The minimum absolute atomic E-state index is 0.0430. The molecule has 2 amide bonds. The summed E-state index contributed by atoms with van der Waals surface area (Å²) in [6.45, 7) is 5.68.